The van der Waals surface area contributed by atoms with Crippen molar-refractivity contribution >= 4 is 58.7 Å². The van der Waals surface area contributed by atoms with Crippen LogP contribution in [0.15, 0.2) is 29.6 Å². The van der Waals surface area contributed by atoms with Crippen molar-refractivity contribution in [1.82, 2.24) is 30.7 Å². The molecule has 5 amide bonds. The molecule has 6 unspecified atom stereocenters. The summed E-state index contributed by atoms with van der Waals surface area (Å²) >= 11 is 1.13. The van der Waals surface area contributed by atoms with E-state index in [1.54, 1.807) is 69.3 Å². The summed E-state index contributed by atoms with van der Waals surface area (Å²) in [6, 6.07) is 4.95. The molecule has 0 radical (unpaired) electrons. The molecule has 3 rings (SSSR count). The van der Waals surface area contributed by atoms with Crippen molar-refractivity contribution in [3.63, 3.8) is 0 Å². The van der Waals surface area contributed by atoms with Gasteiger partial charge in [-0.1, -0.05) is 53.2 Å². The number of hydrogen-bond donors (Lipinski definition) is 5. The predicted octanol–water partition coefficient (Wildman–Crippen LogP) is 5.55. The third-order valence-corrected chi connectivity index (χ3v) is 12.5. The van der Waals surface area contributed by atoms with E-state index in [1.165, 1.54) is 6.92 Å². The van der Waals surface area contributed by atoms with Crippen molar-refractivity contribution in [3.05, 3.63) is 45.9 Å². The molecule has 2 heterocycles. The number of carbonyl (C=O) groups is 7. The number of carboxylic acid groups (broad SMARTS) is 1. The summed E-state index contributed by atoms with van der Waals surface area (Å²) in [5.74, 6) is -4.11. The second kappa shape index (κ2) is 23.0. The average molecular weight is 900 g/mol. The Bertz CT molecular complexity index is 1920. The predicted molar refractivity (Wildman–Crippen MR) is 240 cm³/mol. The lowest BCUT2D eigenvalue weighted by Crippen LogP contribution is -2.60. The van der Waals surface area contributed by atoms with Gasteiger partial charge in [0.05, 0.1) is 11.5 Å². The van der Waals surface area contributed by atoms with Crippen LogP contribution in [-0.2, 0) is 39.9 Å². The lowest BCUT2D eigenvalue weighted by atomic mass is 9.91. The Morgan fingerprint density at radius 3 is 2.21 bits per heavy atom. The molecule has 1 aliphatic rings. The zero-order chi connectivity index (χ0) is 47.4. The standard InChI is InChI=1S/C45H69N7O10S/c1-13-27(4)37(50-42(59)45(10)19-14-20-51(45)11)40(56)52(12)34(26(2)3)23-35(61-29(6)53)39-49-33(25-63-39)38(55)48-32(21-28(5)41(57)58)22-30-15-17-31(18-16-30)47-36(54)24-46-43(60)62-44(7,8)9/h15-18,25-28,32,34-35,37H,13-14,19-24H2,1-12H3,(H,46,60)(H,47,54)(H,48,55)(H,50,59)(H,57,58)/t27?,28?,32?,34?,35?,37?,45-/m1/s1. The number of likely N-dealkylation sites (N-methyl/N-ethyl adjacent to an activating group) is 2. The molecule has 2 aromatic rings. The normalized spacial score (nSPS) is 18.2. The van der Waals surface area contributed by atoms with E-state index in [9.17, 15) is 38.7 Å². The van der Waals surface area contributed by atoms with Crippen molar-refractivity contribution in [3.8, 4) is 0 Å². The molecule has 1 aromatic carbocycles. The smallest absolute Gasteiger partial charge is 0.408 e. The largest absolute Gasteiger partial charge is 0.481 e. The molecule has 0 bridgehead atoms. The van der Waals surface area contributed by atoms with E-state index in [0.29, 0.717) is 23.5 Å². The van der Waals surface area contributed by atoms with Gasteiger partial charge in [0.2, 0.25) is 17.7 Å². The molecule has 1 fully saturated rings. The van der Waals surface area contributed by atoms with E-state index >= 15 is 0 Å². The number of nitrogens with zero attached hydrogens (tertiary/aromatic N) is 3. The number of esters is 1. The molecule has 0 aliphatic carbocycles. The van der Waals surface area contributed by atoms with Crippen molar-refractivity contribution < 1.29 is 48.1 Å². The Kier molecular flexibility index (Phi) is 19.1. The topological polar surface area (TPSA) is 226 Å². The number of carbonyl (C=O) groups excluding carboxylic acids is 6. The summed E-state index contributed by atoms with van der Waals surface area (Å²) < 4.78 is 10.9. The number of alkyl carbamates (subject to hydrolysis) is 1. The van der Waals surface area contributed by atoms with E-state index < -0.39 is 71.1 Å². The number of amides is 5. The Morgan fingerprint density at radius 1 is 1.02 bits per heavy atom. The molecule has 5 N–H and O–H groups in total. The van der Waals surface area contributed by atoms with E-state index in [4.69, 9.17) is 9.47 Å². The first-order chi connectivity index (χ1) is 29.3. The van der Waals surface area contributed by atoms with Gasteiger partial charge in [0.25, 0.3) is 5.91 Å². The average Bonchev–Trinajstić information content (AvgIpc) is 3.83. The Labute approximate surface area is 375 Å². The monoisotopic (exact) mass is 899 g/mol. The van der Waals surface area contributed by atoms with Crippen LogP contribution in [0.5, 0.6) is 0 Å². The number of carboxylic acids is 1. The quantitative estimate of drug-likeness (QED) is 0.0973. The highest BCUT2D eigenvalue weighted by molar-refractivity contribution is 7.09. The maximum absolute atomic E-state index is 14.3. The highest BCUT2D eigenvalue weighted by Gasteiger charge is 2.44. The second-order valence-electron chi connectivity index (χ2n) is 18.3. The van der Waals surface area contributed by atoms with Gasteiger partial charge in [-0.25, -0.2) is 9.78 Å². The Hall–Kier alpha value is -5.10. The number of nitrogens with one attached hydrogen (secondary N) is 4. The molecule has 350 valence electrons. The van der Waals surface area contributed by atoms with Crippen LogP contribution in [0.25, 0.3) is 0 Å². The maximum Gasteiger partial charge on any atom is 0.408 e. The fraction of sp³-hybridized carbons (Fsp3) is 0.644. The minimum Gasteiger partial charge on any atom is -0.481 e. The first-order valence-electron chi connectivity index (χ1n) is 21.7. The van der Waals surface area contributed by atoms with Gasteiger partial charge in [-0.2, -0.15) is 0 Å². The van der Waals surface area contributed by atoms with Crippen LogP contribution in [0.1, 0.15) is 129 Å². The van der Waals surface area contributed by atoms with Gasteiger partial charge in [-0.05, 0) is 96.5 Å². The molecular formula is C45H69N7O10S. The van der Waals surface area contributed by atoms with E-state index in [0.717, 1.165) is 29.9 Å². The molecule has 1 aromatic heterocycles. The number of aliphatic carboxylic acids is 1. The summed E-state index contributed by atoms with van der Waals surface area (Å²) in [7, 11) is 3.61. The van der Waals surface area contributed by atoms with Crippen molar-refractivity contribution in [1.29, 1.82) is 0 Å². The van der Waals surface area contributed by atoms with Crippen LogP contribution < -0.4 is 21.3 Å². The maximum atomic E-state index is 14.3. The third-order valence-electron chi connectivity index (χ3n) is 11.6. The lowest BCUT2D eigenvalue weighted by molar-refractivity contribution is -0.149. The summed E-state index contributed by atoms with van der Waals surface area (Å²) in [6.45, 7) is 18.2. The van der Waals surface area contributed by atoms with Crippen molar-refractivity contribution in [2.75, 3.05) is 32.5 Å². The molecule has 1 aliphatic heterocycles. The van der Waals surface area contributed by atoms with Crippen LogP contribution in [0, 0.1) is 17.8 Å². The molecule has 0 spiro atoms. The number of ether oxygens (including phenoxy) is 2. The van der Waals surface area contributed by atoms with E-state index in [2.05, 4.69) is 26.3 Å². The van der Waals surface area contributed by atoms with Gasteiger partial charge in [-0.15, -0.1) is 11.3 Å². The lowest BCUT2D eigenvalue weighted by Gasteiger charge is -2.38. The molecule has 63 heavy (non-hydrogen) atoms. The van der Waals surface area contributed by atoms with Crippen molar-refractivity contribution in [2.24, 2.45) is 17.8 Å². The molecule has 1 saturated heterocycles. The van der Waals surface area contributed by atoms with Gasteiger partial charge in [0.1, 0.15) is 28.9 Å². The number of anilines is 1. The molecule has 0 saturated carbocycles. The first-order valence-corrected chi connectivity index (χ1v) is 22.5. The second-order valence-corrected chi connectivity index (χ2v) is 19.1. The molecule has 18 heteroatoms. The van der Waals surface area contributed by atoms with Gasteiger partial charge in [0, 0.05) is 43.5 Å². The fourth-order valence-corrected chi connectivity index (χ4v) is 8.28. The number of thiazole rings is 1. The Balaban J connectivity index is 1.77. The van der Waals surface area contributed by atoms with E-state index in [-0.39, 0.29) is 55.2 Å². The molecule has 17 nitrogen and oxygen atoms in total. The van der Waals surface area contributed by atoms with Crippen LogP contribution in [0.2, 0.25) is 0 Å². The fourth-order valence-electron chi connectivity index (χ4n) is 7.44. The summed E-state index contributed by atoms with van der Waals surface area (Å²) in [6.07, 6.45) is 1.14. The van der Waals surface area contributed by atoms with Gasteiger partial charge < -0.3 is 40.7 Å². The van der Waals surface area contributed by atoms with Crippen molar-refractivity contribution in [2.45, 2.75) is 143 Å². The van der Waals surface area contributed by atoms with Gasteiger partial charge >= 0.3 is 18.0 Å². The minimum absolute atomic E-state index is 0.0497. The minimum atomic E-state index is -1.02. The third kappa shape index (κ3) is 15.6. The molecular weight excluding hydrogens is 831 g/mol. The number of likely N-dealkylation sites (tertiary alicyclic amines) is 1. The summed E-state index contributed by atoms with van der Waals surface area (Å²) in [4.78, 5) is 98.6. The number of hydrogen-bond acceptors (Lipinski definition) is 12. The number of benzene rings is 1. The SMILES string of the molecule is CCC(C)C(NC(=O)[C@@]1(C)CCCN1C)C(=O)N(C)C(CC(OC(C)=O)c1nc(C(=O)NC(Cc2ccc(NC(=O)CNC(=O)OC(C)(C)C)cc2)CC(C)C(=O)O)cs1)C(C)C. The van der Waals surface area contributed by atoms with E-state index in [1.807, 2.05) is 46.6 Å². The highest BCUT2D eigenvalue weighted by atomic mass is 32.1. The van der Waals surface area contributed by atoms with Crippen LogP contribution in [0.4, 0.5) is 10.5 Å². The summed E-state index contributed by atoms with van der Waals surface area (Å²) in [5, 5.41) is 22.7. The van der Waals surface area contributed by atoms with Crippen LogP contribution in [-0.4, -0.2) is 118 Å². The van der Waals surface area contributed by atoms with Gasteiger partial charge in [0.15, 0.2) is 6.10 Å². The summed E-state index contributed by atoms with van der Waals surface area (Å²) in [5.41, 5.74) is -0.161. The highest BCUT2D eigenvalue weighted by Crippen LogP contribution is 2.32. The number of aromatic nitrogens is 1. The zero-order valence-corrected chi connectivity index (χ0v) is 39.8. The van der Waals surface area contributed by atoms with Crippen LogP contribution >= 0.6 is 11.3 Å². The van der Waals surface area contributed by atoms with Gasteiger partial charge in [-0.3, -0.25) is 33.7 Å². The molecule has 7 atom stereocenters. The Morgan fingerprint density at radius 2 is 1.67 bits per heavy atom. The van der Waals surface area contributed by atoms with Crippen LogP contribution in [0.3, 0.4) is 0 Å². The first kappa shape index (κ1) is 52.2. The zero-order valence-electron chi connectivity index (χ0n) is 39.0. The number of rotatable bonds is 21.